The first kappa shape index (κ1) is 15.1. The topological polar surface area (TPSA) is 86.3 Å². The summed E-state index contributed by atoms with van der Waals surface area (Å²) in [5.74, 6) is -1.56. The van der Waals surface area contributed by atoms with Crippen molar-refractivity contribution >= 4 is 11.9 Å². The molecular weight excluding hydrogens is 282 g/mol. The molecule has 3 rings (SSSR count). The van der Waals surface area contributed by atoms with Crippen LogP contribution in [0.25, 0.3) is 0 Å². The smallest absolute Gasteiger partial charge is 0.307 e. The number of carboxylic acids is 1. The maximum atomic E-state index is 12.7. The largest absolute Gasteiger partial charge is 0.481 e. The fourth-order valence-electron chi connectivity index (χ4n) is 3.82. The van der Waals surface area contributed by atoms with E-state index < -0.39 is 17.3 Å². The Labute approximate surface area is 129 Å². The van der Waals surface area contributed by atoms with Crippen molar-refractivity contribution in [2.24, 2.45) is 17.3 Å². The van der Waals surface area contributed by atoms with E-state index in [0.29, 0.717) is 6.54 Å². The van der Waals surface area contributed by atoms with Gasteiger partial charge in [0.1, 0.15) is 0 Å². The SMILES string of the molecule is Cc1cc(C2CCCN(C(=O)[C@@H]3[C@H](C(=O)O)C3(C)C)C2)n[nH]1. The minimum atomic E-state index is -0.861. The Balaban J connectivity index is 1.70. The van der Waals surface area contributed by atoms with Gasteiger partial charge in [0.2, 0.25) is 5.91 Å². The molecule has 1 aromatic rings. The van der Waals surface area contributed by atoms with Crippen LogP contribution in [-0.2, 0) is 9.59 Å². The number of aromatic nitrogens is 2. The van der Waals surface area contributed by atoms with Crippen molar-refractivity contribution in [1.29, 1.82) is 0 Å². The number of rotatable bonds is 3. The van der Waals surface area contributed by atoms with Crippen LogP contribution in [0.2, 0.25) is 0 Å². The van der Waals surface area contributed by atoms with Gasteiger partial charge in [-0.3, -0.25) is 14.7 Å². The van der Waals surface area contributed by atoms with Crippen LogP contribution in [0.3, 0.4) is 0 Å². The number of carboxylic acid groups (broad SMARTS) is 1. The number of hydrogen-bond acceptors (Lipinski definition) is 3. The molecule has 0 aromatic carbocycles. The molecule has 1 unspecified atom stereocenters. The van der Waals surface area contributed by atoms with Gasteiger partial charge in [-0.1, -0.05) is 13.8 Å². The second-order valence-corrected chi connectivity index (χ2v) is 7.21. The van der Waals surface area contributed by atoms with Crippen molar-refractivity contribution in [3.8, 4) is 0 Å². The summed E-state index contributed by atoms with van der Waals surface area (Å²) in [6.07, 6.45) is 1.96. The highest BCUT2D eigenvalue weighted by atomic mass is 16.4. The Kier molecular flexibility index (Phi) is 3.50. The molecule has 1 aliphatic heterocycles. The van der Waals surface area contributed by atoms with E-state index >= 15 is 0 Å². The zero-order valence-electron chi connectivity index (χ0n) is 13.3. The molecule has 2 heterocycles. The number of nitrogens with zero attached hydrogens (tertiary/aromatic N) is 2. The predicted octanol–water partition coefficient (Wildman–Crippen LogP) is 1.78. The van der Waals surface area contributed by atoms with Crippen LogP contribution in [0.4, 0.5) is 0 Å². The molecule has 6 heteroatoms. The summed E-state index contributed by atoms with van der Waals surface area (Å²) in [5.41, 5.74) is 1.59. The maximum Gasteiger partial charge on any atom is 0.307 e. The highest BCUT2D eigenvalue weighted by Gasteiger charge is 2.66. The van der Waals surface area contributed by atoms with Gasteiger partial charge in [-0.25, -0.2) is 0 Å². The zero-order chi connectivity index (χ0) is 16.1. The lowest BCUT2D eigenvalue weighted by Gasteiger charge is -2.32. The average Bonchev–Trinajstić information content (AvgIpc) is 2.80. The number of aromatic amines is 1. The van der Waals surface area contributed by atoms with E-state index in [1.54, 1.807) is 0 Å². The summed E-state index contributed by atoms with van der Waals surface area (Å²) < 4.78 is 0. The molecule has 22 heavy (non-hydrogen) atoms. The molecule has 120 valence electrons. The number of amides is 1. The molecular formula is C16H23N3O3. The van der Waals surface area contributed by atoms with Crippen LogP contribution >= 0.6 is 0 Å². The van der Waals surface area contributed by atoms with Crippen LogP contribution < -0.4 is 0 Å². The molecule has 2 fully saturated rings. The van der Waals surface area contributed by atoms with E-state index in [2.05, 4.69) is 10.2 Å². The van der Waals surface area contributed by atoms with Crippen molar-refractivity contribution in [3.63, 3.8) is 0 Å². The summed E-state index contributed by atoms with van der Waals surface area (Å²) in [7, 11) is 0. The van der Waals surface area contributed by atoms with E-state index in [1.165, 1.54) is 0 Å². The maximum absolute atomic E-state index is 12.7. The van der Waals surface area contributed by atoms with Gasteiger partial charge >= 0.3 is 5.97 Å². The van der Waals surface area contributed by atoms with Crippen molar-refractivity contribution in [3.05, 3.63) is 17.5 Å². The molecule has 0 radical (unpaired) electrons. The third kappa shape index (κ3) is 2.40. The van der Waals surface area contributed by atoms with Crippen LogP contribution in [0, 0.1) is 24.2 Å². The Hall–Kier alpha value is -1.85. The highest BCUT2D eigenvalue weighted by Crippen LogP contribution is 2.59. The number of aryl methyl sites for hydroxylation is 1. The molecule has 1 saturated heterocycles. The first-order chi connectivity index (χ1) is 10.3. The molecule has 2 aliphatic rings. The molecule has 0 bridgehead atoms. The Morgan fingerprint density at radius 3 is 2.68 bits per heavy atom. The summed E-state index contributed by atoms with van der Waals surface area (Å²) >= 11 is 0. The van der Waals surface area contributed by atoms with Gasteiger partial charge < -0.3 is 10.0 Å². The zero-order valence-corrected chi connectivity index (χ0v) is 13.3. The van der Waals surface area contributed by atoms with Crippen molar-refractivity contribution in [1.82, 2.24) is 15.1 Å². The van der Waals surface area contributed by atoms with E-state index in [9.17, 15) is 14.7 Å². The Morgan fingerprint density at radius 2 is 2.14 bits per heavy atom. The predicted molar refractivity (Wildman–Crippen MR) is 80.3 cm³/mol. The molecule has 3 atom stereocenters. The Morgan fingerprint density at radius 1 is 1.41 bits per heavy atom. The first-order valence-electron chi connectivity index (χ1n) is 7.86. The summed E-state index contributed by atoms with van der Waals surface area (Å²) in [4.78, 5) is 25.8. The minimum absolute atomic E-state index is 0.00522. The second kappa shape index (κ2) is 5.11. The van der Waals surface area contributed by atoms with Gasteiger partial charge in [-0.2, -0.15) is 5.10 Å². The van der Waals surface area contributed by atoms with E-state index in [4.69, 9.17) is 0 Å². The minimum Gasteiger partial charge on any atom is -0.481 e. The Bertz CT molecular complexity index is 608. The van der Waals surface area contributed by atoms with E-state index in [-0.39, 0.29) is 17.7 Å². The fraction of sp³-hybridized carbons (Fsp3) is 0.688. The number of H-pyrrole nitrogens is 1. The van der Waals surface area contributed by atoms with Crippen LogP contribution in [0.5, 0.6) is 0 Å². The second-order valence-electron chi connectivity index (χ2n) is 7.21. The molecule has 1 saturated carbocycles. The van der Waals surface area contributed by atoms with Gasteiger partial charge in [0.25, 0.3) is 0 Å². The van der Waals surface area contributed by atoms with E-state index in [1.807, 2.05) is 31.7 Å². The summed E-state index contributed by atoms with van der Waals surface area (Å²) in [6, 6.07) is 2.03. The summed E-state index contributed by atoms with van der Waals surface area (Å²) in [6.45, 7) is 7.06. The van der Waals surface area contributed by atoms with Gasteiger partial charge in [0.15, 0.2) is 0 Å². The third-order valence-electron chi connectivity index (χ3n) is 5.24. The normalized spacial score (nSPS) is 30.1. The third-order valence-corrected chi connectivity index (χ3v) is 5.24. The van der Waals surface area contributed by atoms with Crippen LogP contribution in [-0.4, -0.2) is 45.2 Å². The standard InChI is InChI=1S/C16H23N3O3/c1-9-7-11(18-17-9)10-5-4-6-19(8-10)14(20)12-13(15(21)22)16(12,2)3/h7,10,12-13H,4-6,8H2,1-3H3,(H,17,18)(H,21,22)/t10?,12-,13+/m0/s1. The lowest BCUT2D eigenvalue weighted by Crippen LogP contribution is -2.41. The number of likely N-dealkylation sites (tertiary alicyclic amines) is 1. The van der Waals surface area contributed by atoms with Crippen LogP contribution in [0.1, 0.15) is 44.0 Å². The monoisotopic (exact) mass is 305 g/mol. The van der Waals surface area contributed by atoms with Gasteiger partial charge in [-0.15, -0.1) is 0 Å². The fourth-order valence-corrected chi connectivity index (χ4v) is 3.82. The molecule has 6 nitrogen and oxygen atoms in total. The van der Waals surface area contributed by atoms with Crippen LogP contribution in [0.15, 0.2) is 6.07 Å². The lowest BCUT2D eigenvalue weighted by molar-refractivity contribution is -0.142. The number of aliphatic carboxylic acids is 1. The number of carbonyl (C=O) groups is 2. The molecule has 1 aliphatic carbocycles. The van der Waals surface area contributed by atoms with Crippen molar-refractivity contribution in [2.45, 2.75) is 39.5 Å². The van der Waals surface area contributed by atoms with Gasteiger partial charge in [-0.05, 0) is 31.2 Å². The molecule has 1 aromatic heterocycles. The molecule has 2 N–H and O–H groups in total. The number of carbonyl (C=O) groups excluding carboxylic acids is 1. The lowest BCUT2D eigenvalue weighted by atomic mass is 9.94. The van der Waals surface area contributed by atoms with Crippen molar-refractivity contribution < 1.29 is 14.7 Å². The first-order valence-corrected chi connectivity index (χ1v) is 7.86. The molecule has 0 spiro atoms. The van der Waals surface area contributed by atoms with Crippen molar-refractivity contribution in [2.75, 3.05) is 13.1 Å². The van der Waals surface area contributed by atoms with E-state index in [0.717, 1.165) is 30.8 Å². The number of nitrogens with one attached hydrogen (secondary N) is 1. The summed E-state index contributed by atoms with van der Waals surface area (Å²) in [5, 5.41) is 16.5. The van der Waals surface area contributed by atoms with Gasteiger partial charge in [0, 0.05) is 24.7 Å². The highest BCUT2D eigenvalue weighted by molar-refractivity contribution is 5.91. The molecule has 1 amide bonds. The number of piperidine rings is 1. The van der Waals surface area contributed by atoms with Gasteiger partial charge in [0.05, 0.1) is 17.5 Å². The quantitative estimate of drug-likeness (QED) is 0.891. The number of hydrogen-bond donors (Lipinski definition) is 2. The average molecular weight is 305 g/mol.